The molecule has 2 unspecified atom stereocenters. The van der Waals surface area contributed by atoms with Gasteiger partial charge in [-0.25, -0.2) is 4.98 Å². The summed E-state index contributed by atoms with van der Waals surface area (Å²) < 4.78 is 8.02. The number of imidazole rings is 1. The summed E-state index contributed by atoms with van der Waals surface area (Å²) >= 11 is 6.06. The van der Waals surface area contributed by atoms with Crippen molar-refractivity contribution in [3.05, 3.63) is 53.6 Å². The van der Waals surface area contributed by atoms with Gasteiger partial charge < -0.3 is 9.30 Å². The van der Waals surface area contributed by atoms with Crippen molar-refractivity contribution in [2.45, 2.75) is 52.7 Å². The number of rotatable bonds is 5. The van der Waals surface area contributed by atoms with E-state index in [4.69, 9.17) is 21.3 Å². The molecule has 1 aliphatic rings. The van der Waals surface area contributed by atoms with Crippen molar-refractivity contribution < 1.29 is 9.53 Å². The SMILES string of the molecule is CC1CCC(C(C)C)[C@H](OC(=O)Cn2c(-c3ccc(Cl)cc3)nc3ccccc32)C1. The lowest BCUT2D eigenvalue weighted by Gasteiger charge is -2.36. The Kier molecular flexibility index (Phi) is 6.14. The fourth-order valence-electron chi connectivity index (χ4n) is 4.64. The van der Waals surface area contributed by atoms with Crippen LogP contribution in [0.3, 0.4) is 0 Å². The average Bonchev–Trinajstić information content (AvgIpc) is 3.07. The van der Waals surface area contributed by atoms with Crippen LogP contribution in [0.1, 0.15) is 40.0 Å². The maximum Gasteiger partial charge on any atom is 0.326 e. The fraction of sp³-hybridized carbons (Fsp3) is 0.440. The number of carbonyl (C=O) groups is 1. The van der Waals surface area contributed by atoms with Crippen LogP contribution in [-0.4, -0.2) is 21.6 Å². The first-order chi connectivity index (χ1) is 14.4. The monoisotopic (exact) mass is 424 g/mol. The standard InChI is InChI=1S/C25H29ClN2O2/c1-16(2)20-13-8-17(3)14-23(20)30-24(29)15-28-22-7-5-4-6-21(22)27-25(28)18-9-11-19(26)12-10-18/h4-7,9-12,16-17,20,23H,8,13-15H2,1-3H3/t17?,20?,23-/m1/s1. The van der Waals surface area contributed by atoms with E-state index in [0.29, 0.717) is 22.8 Å². The minimum absolute atomic E-state index is 0.00461. The van der Waals surface area contributed by atoms with Gasteiger partial charge in [-0.3, -0.25) is 4.79 Å². The van der Waals surface area contributed by atoms with E-state index in [1.807, 2.05) is 53.1 Å². The lowest BCUT2D eigenvalue weighted by molar-refractivity contribution is -0.156. The third-order valence-electron chi connectivity index (χ3n) is 6.29. The van der Waals surface area contributed by atoms with E-state index < -0.39 is 0 Å². The summed E-state index contributed by atoms with van der Waals surface area (Å²) in [4.78, 5) is 17.8. The fourth-order valence-corrected chi connectivity index (χ4v) is 4.77. The Morgan fingerprint density at radius 1 is 1.17 bits per heavy atom. The highest BCUT2D eigenvalue weighted by Crippen LogP contribution is 2.35. The highest BCUT2D eigenvalue weighted by molar-refractivity contribution is 6.30. The second-order valence-electron chi connectivity index (χ2n) is 8.87. The molecule has 0 saturated heterocycles. The summed E-state index contributed by atoms with van der Waals surface area (Å²) in [6.45, 7) is 6.85. The zero-order chi connectivity index (χ0) is 21.3. The molecule has 4 nitrogen and oxygen atoms in total. The van der Waals surface area contributed by atoms with Crippen LogP contribution in [0.25, 0.3) is 22.4 Å². The highest BCUT2D eigenvalue weighted by Gasteiger charge is 2.33. The molecule has 0 bridgehead atoms. The molecule has 1 aliphatic carbocycles. The number of aromatic nitrogens is 2. The Balaban J connectivity index is 1.62. The smallest absolute Gasteiger partial charge is 0.326 e. The molecule has 3 atom stereocenters. The molecule has 5 heteroatoms. The number of nitrogens with zero attached hydrogens (tertiary/aromatic N) is 2. The Morgan fingerprint density at radius 2 is 1.90 bits per heavy atom. The van der Waals surface area contributed by atoms with E-state index in [2.05, 4.69) is 20.8 Å². The van der Waals surface area contributed by atoms with Crippen molar-refractivity contribution in [2.75, 3.05) is 0 Å². The van der Waals surface area contributed by atoms with Crippen LogP contribution in [0.15, 0.2) is 48.5 Å². The predicted octanol–water partition coefficient (Wildman–Crippen LogP) is 6.36. The van der Waals surface area contributed by atoms with Gasteiger partial charge in [0.1, 0.15) is 18.5 Å². The summed E-state index contributed by atoms with van der Waals surface area (Å²) in [6.07, 6.45) is 3.28. The van der Waals surface area contributed by atoms with Crippen molar-refractivity contribution >= 4 is 28.6 Å². The normalized spacial score (nSPS) is 21.8. The van der Waals surface area contributed by atoms with Gasteiger partial charge in [0.15, 0.2) is 0 Å². The van der Waals surface area contributed by atoms with E-state index in [-0.39, 0.29) is 18.6 Å². The number of ether oxygens (including phenoxy) is 1. The van der Waals surface area contributed by atoms with Crippen molar-refractivity contribution in [2.24, 2.45) is 17.8 Å². The van der Waals surface area contributed by atoms with E-state index in [1.165, 1.54) is 6.42 Å². The average molecular weight is 425 g/mol. The van der Waals surface area contributed by atoms with Gasteiger partial charge in [-0.05, 0) is 67.0 Å². The molecule has 158 valence electrons. The number of esters is 1. The van der Waals surface area contributed by atoms with E-state index >= 15 is 0 Å². The summed E-state index contributed by atoms with van der Waals surface area (Å²) in [5, 5.41) is 0.673. The molecule has 0 amide bonds. The molecule has 1 fully saturated rings. The van der Waals surface area contributed by atoms with Gasteiger partial charge in [0.2, 0.25) is 0 Å². The first-order valence-corrected chi connectivity index (χ1v) is 11.2. The van der Waals surface area contributed by atoms with Crippen molar-refractivity contribution in [1.29, 1.82) is 0 Å². The van der Waals surface area contributed by atoms with Crippen LogP contribution < -0.4 is 0 Å². The molecule has 1 heterocycles. The largest absolute Gasteiger partial charge is 0.461 e. The predicted molar refractivity (Wildman–Crippen MR) is 121 cm³/mol. The number of fused-ring (bicyclic) bond motifs is 1. The molecule has 0 radical (unpaired) electrons. The maximum absolute atomic E-state index is 13.0. The molecule has 30 heavy (non-hydrogen) atoms. The van der Waals surface area contributed by atoms with Crippen LogP contribution in [0, 0.1) is 17.8 Å². The lowest BCUT2D eigenvalue weighted by atomic mass is 9.75. The molecule has 0 spiro atoms. The number of para-hydroxylation sites is 2. The Hall–Kier alpha value is -2.33. The van der Waals surface area contributed by atoms with Gasteiger partial charge in [-0.2, -0.15) is 0 Å². The third-order valence-corrected chi connectivity index (χ3v) is 6.54. The number of carbonyl (C=O) groups excluding carboxylic acids is 1. The number of benzene rings is 2. The number of halogens is 1. The first-order valence-electron chi connectivity index (χ1n) is 10.8. The minimum Gasteiger partial charge on any atom is -0.461 e. The minimum atomic E-state index is -0.196. The second kappa shape index (κ2) is 8.81. The second-order valence-corrected chi connectivity index (χ2v) is 9.31. The Bertz CT molecular complexity index is 1030. The summed E-state index contributed by atoms with van der Waals surface area (Å²) in [7, 11) is 0. The van der Waals surface area contributed by atoms with E-state index in [9.17, 15) is 4.79 Å². The molecule has 2 aromatic carbocycles. The van der Waals surface area contributed by atoms with Crippen molar-refractivity contribution in [3.63, 3.8) is 0 Å². The lowest BCUT2D eigenvalue weighted by Crippen LogP contribution is -2.36. The summed E-state index contributed by atoms with van der Waals surface area (Å²) in [5.74, 6) is 2.09. The zero-order valence-electron chi connectivity index (χ0n) is 17.8. The molecule has 0 aliphatic heterocycles. The summed E-state index contributed by atoms with van der Waals surface area (Å²) in [5.41, 5.74) is 2.72. The first kappa shape index (κ1) is 20.9. The zero-order valence-corrected chi connectivity index (χ0v) is 18.6. The van der Waals surface area contributed by atoms with Gasteiger partial charge in [-0.15, -0.1) is 0 Å². The topological polar surface area (TPSA) is 44.1 Å². The van der Waals surface area contributed by atoms with Crippen LogP contribution >= 0.6 is 11.6 Å². The van der Waals surface area contributed by atoms with Crippen LogP contribution in [0.4, 0.5) is 0 Å². The van der Waals surface area contributed by atoms with Crippen LogP contribution in [-0.2, 0) is 16.1 Å². The molecule has 3 aromatic rings. The molecule has 4 rings (SSSR count). The molecule has 1 aromatic heterocycles. The van der Waals surface area contributed by atoms with Gasteiger partial charge in [0, 0.05) is 10.6 Å². The third kappa shape index (κ3) is 4.39. The molecule has 0 N–H and O–H groups in total. The van der Waals surface area contributed by atoms with Gasteiger partial charge in [0.05, 0.1) is 11.0 Å². The van der Waals surface area contributed by atoms with Crippen molar-refractivity contribution in [3.8, 4) is 11.4 Å². The van der Waals surface area contributed by atoms with Gasteiger partial charge in [0.25, 0.3) is 0 Å². The number of hydrogen-bond acceptors (Lipinski definition) is 3. The van der Waals surface area contributed by atoms with Gasteiger partial charge >= 0.3 is 5.97 Å². The molecular weight excluding hydrogens is 396 g/mol. The highest BCUT2D eigenvalue weighted by atomic mass is 35.5. The van der Waals surface area contributed by atoms with Crippen molar-refractivity contribution in [1.82, 2.24) is 9.55 Å². The Labute approximate surface area is 183 Å². The van der Waals surface area contributed by atoms with E-state index in [0.717, 1.165) is 35.3 Å². The maximum atomic E-state index is 13.0. The summed E-state index contributed by atoms with van der Waals surface area (Å²) in [6, 6.07) is 15.4. The number of hydrogen-bond donors (Lipinski definition) is 0. The quantitative estimate of drug-likeness (QED) is 0.447. The van der Waals surface area contributed by atoms with Crippen LogP contribution in [0.2, 0.25) is 5.02 Å². The van der Waals surface area contributed by atoms with Crippen LogP contribution in [0.5, 0.6) is 0 Å². The Morgan fingerprint density at radius 3 is 2.63 bits per heavy atom. The molecule has 1 saturated carbocycles. The van der Waals surface area contributed by atoms with E-state index in [1.54, 1.807) is 0 Å². The van der Waals surface area contributed by atoms with Gasteiger partial charge in [-0.1, -0.05) is 50.9 Å². The molecular formula is C25H29ClN2O2.